The van der Waals surface area contributed by atoms with Crippen molar-refractivity contribution in [1.82, 2.24) is 0 Å². The summed E-state index contributed by atoms with van der Waals surface area (Å²) in [6.07, 6.45) is 1.96. The lowest BCUT2D eigenvalue weighted by atomic mass is 10.2. The van der Waals surface area contributed by atoms with Crippen molar-refractivity contribution in [3.63, 3.8) is 0 Å². The van der Waals surface area contributed by atoms with Crippen molar-refractivity contribution in [3.8, 4) is 0 Å². The third-order valence-electron chi connectivity index (χ3n) is 1.25. The van der Waals surface area contributed by atoms with Gasteiger partial charge in [0.2, 0.25) is 10.4 Å². The van der Waals surface area contributed by atoms with E-state index in [1.165, 1.54) is 0 Å². The first-order valence-corrected chi connectivity index (χ1v) is 4.93. The summed E-state index contributed by atoms with van der Waals surface area (Å²) < 4.78 is 34.2. The minimum Gasteiger partial charge on any atom is -0.726 e. The van der Waals surface area contributed by atoms with Crippen LogP contribution in [0.2, 0.25) is 0 Å². The summed E-state index contributed by atoms with van der Waals surface area (Å²) in [4.78, 5) is 0. The molecule has 0 bridgehead atoms. The third-order valence-corrected chi connectivity index (χ3v) is 1.81. The highest BCUT2D eigenvalue weighted by Crippen LogP contribution is 2.05. The Labute approximate surface area is 67.5 Å². The molecule has 5 heteroatoms. The van der Waals surface area contributed by atoms with Gasteiger partial charge in [-0.05, 0) is 13.3 Å². The molecule has 0 saturated heterocycles. The molecule has 0 aromatic heterocycles. The lowest BCUT2D eigenvalue weighted by Gasteiger charge is -2.13. The van der Waals surface area contributed by atoms with Crippen LogP contribution in [0.4, 0.5) is 0 Å². The van der Waals surface area contributed by atoms with Gasteiger partial charge in [0, 0.05) is 0 Å². The van der Waals surface area contributed by atoms with Crippen molar-refractivity contribution in [3.05, 3.63) is 0 Å². The molecule has 0 aliphatic rings. The molecule has 0 rings (SSSR count). The lowest BCUT2D eigenvalue weighted by molar-refractivity contribution is 0.182. The Bertz CT molecular complexity index is 185. The smallest absolute Gasteiger partial charge is 0.217 e. The zero-order valence-electron chi connectivity index (χ0n) is 6.74. The molecule has 11 heavy (non-hydrogen) atoms. The van der Waals surface area contributed by atoms with Crippen molar-refractivity contribution in [2.24, 2.45) is 0 Å². The van der Waals surface area contributed by atoms with Gasteiger partial charge >= 0.3 is 0 Å². The molecular formula is C6H13O4S-. The molecule has 4 nitrogen and oxygen atoms in total. The molecule has 0 aromatic rings. The molecule has 1 atom stereocenters. The molecule has 68 valence electrons. The first-order valence-electron chi connectivity index (χ1n) is 3.60. The summed E-state index contributed by atoms with van der Waals surface area (Å²) in [6, 6.07) is 0. The van der Waals surface area contributed by atoms with Crippen LogP contribution >= 0.6 is 0 Å². The Morgan fingerprint density at radius 1 is 1.55 bits per heavy atom. The zero-order chi connectivity index (χ0) is 8.91. The van der Waals surface area contributed by atoms with E-state index in [0.29, 0.717) is 6.42 Å². The molecule has 0 spiro atoms. The minimum absolute atomic E-state index is 0.488. The monoisotopic (exact) mass is 181 g/mol. The lowest BCUT2D eigenvalue weighted by Crippen LogP contribution is -2.14. The maximum absolute atomic E-state index is 10.0. The van der Waals surface area contributed by atoms with Crippen molar-refractivity contribution in [1.29, 1.82) is 0 Å². The fourth-order valence-corrected chi connectivity index (χ4v) is 1.24. The normalized spacial score (nSPS) is 14.8. The Hall–Kier alpha value is -0.130. The second-order valence-corrected chi connectivity index (χ2v) is 3.47. The summed E-state index contributed by atoms with van der Waals surface area (Å²) in [7, 11) is -4.50. The van der Waals surface area contributed by atoms with Crippen LogP contribution in [0.3, 0.4) is 0 Å². The van der Waals surface area contributed by atoms with Gasteiger partial charge in [-0.2, -0.15) is 0 Å². The molecule has 0 amide bonds. The summed E-state index contributed by atoms with van der Waals surface area (Å²) in [5.74, 6) is 0. The number of hydrogen-bond donors (Lipinski definition) is 0. The van der Waals surface area contributed by atoms with E-state index in [4.69, 9.17) is 0 Å². The zero-order valence-corrected chi connectivity index (χ0v) is 7.56. The van der Waals surface area contributed by atoms with Gasteiger partial charge in [0.1, 0.15) is 0 Å². The van der Waals surface area contributed by atoms with Crippen LogP contribution in [-0.2, 0) is 14.6 Å². The van der Waals surface area contributed by atoms with Gasteiger partial charge in [-0.3, -0.25) is 4.18 Å². The summed E-state index contributed by atoms with van der Waals surface area (Å²) in [6.45, 7) is 3.56. The van der Waals surface area contributed by atoms with E-state index in [1.807, 2.05) is 6.92 Å². The van der Waals surface area contributed by atoms with Crippen LogP contribution < -0.4 is 0 Å². The van der Waals surface area contributed by atoms with Gasteiger partial charge in [0.25, 0.3) is 0 Å². The van der Waals surface area contributed by atoms with E-state index in [0.717, 1.165) is 12.8 Å². The van der Waals surface area contributed by atoms with Crippen molar-refractivity contribution in [2.75, 3.05) is 0 Å². The molecule has 0 N–H and O–H groups in total. The quantitative estimate of drug-likeness (QED) is 0.469. The van der Waals surface area contributed by atoms with E-state index in [1.54, 1.807) is 6.92 Å². The van der Waals surface area contributed by atoms with Crippen molar-refractivity contribution < 1.29 is 17.2 Å². The standard InChI is InChI=1S/C6H14O4S/c1-3-4-5-6(2)10-11(7,8)9/h6H,3-5H2,1-2H3,(H,7,8,9)/p-1. The summed E-state index contributed by atoms with van der Waals surface area (Å²) in [5, 5.41) is 0. The molecule has 1 unspecified atom stereocenters. The predicted molar refractivity (Wildman–Crippen MR) is 39.8 cm³/mol. The maximum Gasteiger partial charge on any atom is 0.217 e. The Morgan fingerprint density at radius 3 is 2.45 bits per heavy atom. The molecule has 0 aliphatic carbocycles. The van der Waals surface area contributed by atoms with Crippen LogP contribution in [0.15, 0.2) is 0 Å². The SMILES string of the molecule is CCCCC(C)OS(=O)(=O)[O-]. The largest absolute Gasteiger partial charge is 0.726 e. The average Bonchev–Trinajstić information content (AvgIpc) is 1.79. The van der Waals surface area contributed by atoms with E-state index >= 15 is 0 Å². The third kappa shape index (κ3) is 7.77. The predicted octanol–water partition coefficient (Wildman–Crippen LogP) is 1.04. The summed E-state index contributed by atoms with van der Waals surface area (Å²) >= 11 is 0. The van der Waals surface area contributed by atoms with Crippen LogP contribution in [-0.4, -0.2) is 19.1 Å². The second-order valence-electron chi connectivity index (χ2n) is 2.46. The minimum atomic E-state index is -4.50. The highest BCUT2D eigenvalue weighted by Gasteiger charge is 2.04. The average molecular weight is 181 g/mol. The highest BCUT2D eigenvalue weighted by molar-refractivity contribution is 7.80. The Balaban J connectivity index is 3.61. The van der Waals surface area contributed by atoms with Crippen LogP contribution in [0.1, 0.15) is 33.1 Å². The number of rotatable bonds is 5. The van der Waals surface area contributed by atoms with E-state index in [2.05, 4.69) is 4.18 Å². The van der Waals surface area contributed by atoms with Gasteiger partial charge in [-0.15, -0.1) is 0 Å². The molecule has 0 aromatic carbocycles. The van der Waals surface area contributed by atoms with Gasteiger partial charge < -0.3 is 4.55 Å². The van der Waals surface area contributed by atoms with Crippen molar-refractivity contribution >= 4 is 10.4 Å². The molecule has 0 fully saturated rings. The van der Waals surface area contributed by atoms with Gasteiger partial charge in [0.15, 0.2) is 0 Å². The van der Waals surface area contributed by atoms with Gasteiger partial charge in [0.05, 0.1) is 6.10 Å². The van der Waals surface area contributed by atoms with Crippen LogP contribution in [0.25, 0.3) is 0 Å². The van der Waals surface area contributed by atoms with E-state index in [-0.39, 0.29) is 0 Å². The fourth-order valence-electron chi connectivity index (χ4n) is 0.741. The van der Waals surface area contributed by atoms with E-state index in [9.17, 15) is 13.0 Å². The summed E-state index contributed by atoms with van der Waals surface area (Å²) in [5.41, 5.74) is 0. The molecule has 0 heterocycles. The maximum atomic E-state index is 10.0. The van der Waals surface area contributed by atoms with Crippen LogP contribution in [0, 0.1) is 0 Å². The number of hydrogen-bond acceptors (Lipinski definition) is 4. The molecule has 0 aliphatic heterocycles. The molecule has 0 saturated carbocycles. The Morgan fingerprint density at radius 2 is 2.09 bits per heavy atom. The van der Waals surface area contributed by atoms with Crippen molar-refractivity contribution in [2.45, 2.75) is 39.2 Å². The highest BCUT2D eigenvalue weighted by atomic mass is 32.3. The number of unbranched alkanes of at least 4 members (excludes halogenated alkanes) is 1. The molecular weight excluding hydrogens is 168 g/mol. The second kappa shape index (κ2) is 4.69. The first-order chi connectivity index (χ1) is 4.95. The van der Waals surface area contributed by atoms with E-state index < -0.39 is 16.5 Å². The topological polar surface area (TPSA) is 66.4 Å². The fraction of sp³-hybridized carbons (Fsp3) is 1.00. The Kier molecular flexibility index (Phi) is 4.63. The first kappa shape index (κ1) is 10.9. The molecule has 0 radical (unpaired) electrons. The van der Waals surface area contributed by atoms with Crippen LogP contribution in [0.5, 0.6) is 0 Å². The van der Waals surface area contributed by atoms with Gasteiger partial charge in [-0.25, -0.2) is 8.42 Å². The van der Waals surface area contributed by atoms with Gasteiger partial charge in [-0.1, -0.05) is 19.8 Å².